The van der Waals surface area contributed by atoms with Gasteiger partial charge < -0.3 is 19.9 Å². The minimum Gasteiger partial charge on any atom is -0.375 e. The van der Waals surface area contributed by atoms with Gasteiger partial charge in [0.05, 0.1) is 47.2 Å². The van der Waals surface area contributed by atoms with Crippen LogP contribution in [0.2, 0.25) is 0 Å². The number of amides is 3. The molecule has 5 aromatic rings. The van der Waals surface area contributed by atoms with Crippen LogP contribution in [0.3, 0.4) is 0 Å². The highest BCUT2D eigenvalue weighted by molar-refractivity contribution is 6.08. The van der Waals surface area contributed by atoms with E-state index in [1.165, 1.54) is 26.0 Å². The van der Waals surface area contributed by atoms with E-state index in [0.717, 1.165) is 70.5 Å². The van der Waals surface area contributed by atoms with Crippen molar-refractivity contribution in [3.63, 3.8) is 0 Å². The molecule has 17 nitrogen and oxygen atoms in total. The van der Waals surface area contributed by atoms with Crippen molar-refractivity contribution in [3.8, 4) is 11.8 Å². The first-order chi connectivity index (χ1) is 30.5. The maximum Gasteiger partial charge on any atom is 0.329 e. The molecule has 332 valence electrons. The number of morpholine rings is 1. The third kappa shape index (κ3) is 8.84. The lowest BCUT2D eigenvalue weighted by atomic mass is 9.85. The standard InChI is InChI=1S/C44H52F2N12O5/c1-28-25-55(22-23-63-28)36-15-17-56-41(49-36)32(24-47-56)42(60)48-33-27-57(51-38(33)40(45)46)31-11-9-29(10-12-31)26-54-20-18-53(19-21-54)16-4-3-6-30-7-5-8-34-39(30)52(2)44(62)58(34)35-13-14-37(59)50-43(35)61/h5,7-8,15,17,24,27-29,31,35,40H,4,9-14,16,18-23,25-26H2,1-2H3,(H,48,60)(H,50,59,61)/t28-,29?,31?,35?/m1/s1. The molecule has 4 aromatic heterocycles. The van der Waals surface area contributed by atoms with Gasteiger partial charge in [-0.25, -0.2) is 23.1 Å². The largest absolute Gasteiger partial charge is 0.375 e. The Hall–Kier alpha value is -5.97. The molecule has 3 aliphatic heterocycles. The summed E-state index contributed by atoms with van der Waals surface area (Å²) in [5, 5.41) is 13.6. The van der Waals surface area contributed by atoms with Crippen LogP contribution in [0.15, 0.2) is 47.7 Å². The highest BCUT2D eigenvalue weighted by atomic mass is 19.3. The van der Waals surface area contributed by atoms with Crippen LogP contribution in [0.25, 0.3) is 16.7 Å². The van der Waals surface area contributed by atoms with Crippen LogP contribution in [0.5, 0.6) is 0 Å². The fourth-order valence-electron chi connectivity index (χ4n) is 9.56. The number of benzene rings is 1. The molecule has 0 bridgehead atoms. The summed E-state index contributed by atoms with van der Waals surface area (Å²) in [6.07, 6.45) is 6.52. The summed E-state index contributed by atoms with van der Waals surface area (Å²) in [4.78, 5) is 62.8. The van der Waals surface area contributed by atoms with Gasteiger partial charge in [-0.1, -0.05) is 17.9 Å². The van der Waals surface area contributed by atoms with Crippen molar-refractivity contribution in [3.05, 3.63) is 70.2 Å². The highest BCUT2D eigenvalue weighted by Gasteiger charge is 2.32. The number of nitrogens with one attached hydrogen (secondary N) is 2. The first kappa shape index (κ1) is 42.3. The molecule has 4 aliphatic rings. The second-order valence-electron chi connectivity index (χ2n) is 17.1. The van der Waals surface area contributed by atoms with E-state index in [1.807, 2.05) is 31.2 Å². The molecule has 1 unspecified atom stereocenters. The van der Waals surface area contributed by atoms with Crippen molar-refractivity contribution in [2.45, 2.75) is 76.5 Å². The van der Waals surface area contributed by atoms with Crippen molar-refractivity contribution < 1.29 is 27.9 Å². The van der Waals surface area contributed by atoms with Crippen LogP contribution in [-0.4, -0.2) is 126 Å². The topological polar surface area (TPSA) is 169 Å². The number of para-hydroxylation sites is 1. The Morgan fingerprint density at radius 1 is 1.03 bits per heavy atom. The Morgan fingerprint density at radius 3 is 2.59 bits per heavy atom. The summed E-state index contributed by atoms with van der Waals surface area (Å²) >= 11 is 0. The van der Waals surface area contributed by atoms with E-state index in [2.05, 4.69) is 47.4 Å². The van der Waals surface area contributed by atoms with E-state index in [4.69, 9.17) is 9.72 Å². The third-order valence-corrected chi connectivity index (χ3v) is 13.0. The molecule has 2 N–H and O–H groups in total. The first-order valence-electron chi connectivity index (χ1n) is 21.9. The maximum atomic E-state index is 14.3. The molecule has 63 heavy (non-hydrogen) atoms. The summed E-state index contributed by atoms with van der Waals surface area (Å²) in [5.74, 6) is 6.39. The number of anilines is 2. The van der Waals surface area contributed by atoms with E-state index in [0.29, 0.717) is 54.5 Å². The Balaban J connectivity index is 0.749. The molecule has 1 aromatic carbocycles. The van der Waals surface area contributed by atoms with Gasteiger partial charge in [-0.05, 0) is 63.1 Å². The number of halogens is 2. The van der Waals surface area contributed by atoms with Gasteiger partial charge in [0.1, 0.15) is 17.4 Å². The molecule has 4 fully saturated rings. The van der Waals surface area contributed by atoms with Crippen LogP contribution in [-0.2, 0) is 21.4 Å². The van der Waals surface area contributed by atoms with E-state index >= 15 is 0 Å². The predicted octanol–water partition coefficient (Wildman–Crippen LogP) is 3.76. The number of alkyl halides is 2. The zero-order valence-corrected chi connectivity index (χ0v) is 35.5. The molecule has 9 rings (SSSR count). The van der Waals surface area contributed by atoms with Crippen molar-refractivity contribution in [1.29, 1.82) is 0 Å². The van der Waals surface area contributed by atoms with Gasteiger partial charge in [-0.15, -0.1) is 0 Å². The molecule has 3 saturated heterocycles. The van der Waals surface area contributed by atoms with Crippen LogP contribution in [0.4, 0.5) is 20.3 Å². The lowest BCUT2D eigenvalue weighted by Gasteiger charge is -2.38. The monoisotopic (exact) mass is 866 g/mol. The molecular formula is C44H52F2N12O5. The second kappa shape index (κ2) is 18.0. The maximum absolute atomic E-state index is 14.3. The van der Waals surface area contributed by atoms with Crippen molar-refractivity contribution in [1.82, 2.24) is 48.6 Å². The third-order valence-electron chi connectivity index (χ3n) is 13.0. The van der Waals surface area contributed by atoms with E-state index < -0.39 is 30.0 Å². The number of nitrogens with zero attached hydrogens (tertiary/aromatic N) is 10. The Morgan fingerprint density at radius 2 is 1.83 bits per heavy atom. The van der Waals surface area contributed by atoms with Crippen molar-refractivity contribution in [2.75, 3.05) is 69.2 Å². The average Bonchev–Trinajstić information content (AvgIpc) is 3.97. The number of rotatable bonds is 10. The Labute approximate surface area is 362 Å². The highest BCUT2D eigenvalue weighted by Crippen LogP contribution is 2.36. The fourth-order valence-corrected chi connectivity index (χ4v) is 9.56. The molecule has 7 heterocycles. The molecular weight excluding hydrogens is 815 g/mol. The zero-order chi connectivity index (χ0) is 43.8. The zero-order valence-electron chi connectivity index (χ0n) is 35.5. The number of fused-ring (bicyclic) bond motifs is 2. The van der Waals surface area contributed by atoms with Gasteiger partial charge in [-0.3, -0.25) is 38.4 Å². The van der Waals surface area contributed by atoms with Gasteiger partial charge in [0.25, 0.3) is 12.3 Å². The van der Waals surface area contributed by atoms with E-state index in [1.54, 1.807) is 17.9 Å². The van der Waals surface area contributed by atoms with Gasteiger partial charge in [-0.2, -0.15) is 10.2 Å². The number of aromatic nitrogens is 7. The van der Waals surface area contributed by atoms with Crippen molar-refractivity contribution >= 4 is 45.9 Å². The second-order valence-corrected chi connectivity index (χ2v) is 17.1. The number of carbonyl (C=O) groups is 3. The Kier molecular flexibility index (Phi) is 12.1. The normalized spacial score (nSPS) is 22.7. The lowest BCUT2D eigenvalue weighted by Crippen LogP contribution is -2.48. The SMILES string of the molecule is C[C@@H]1CN(c2ccn3ncc(C(=O)Nc4cn(C5CCC(CN6CCN(CCC#Cc7cccc8c7n(C)c(=O)n8C7CCC(=O)NC7=O)CC6)CC5)nc4C(F)F)c3n2)CCO1. The molecule has 1 aliphatic carbocycles. The van der Waals surface area contributed by atoms with Crippen LogP contribution in [0.1, 0.15) is 92.0 Å². The van der Waals surface area contributed by atoms with Gasteiger partial charge >= 0.3 is 5.69 Å². The summed E-state index contributed by atoms with van der Waals surface area (Å²) in [6.45, 7) is 9.50. The number of piperidine rings is 1. The lowest BCUT2D eigenvalue weighted by molar-refractivity contribution is -0.135. The summed E-state index contributed by atoms with van der Waals surface area (Å²) in [7, 11) is 1.68. The van der Waals surface area contributed by atoms with Crippen LogP contribution in [0, 0.1) is 17.8 Å². The summed E-state index contributed by atoms with van der Waals surface area (Å²) in [5.41, 5.74) is 1.76. The minimum absolute atomic E-state index is 0.00970. The number of imide groups is 1. The first-order valence-corrected chi connectivity index (χ1v) is 21.9. The number of carbonyl (C=O) groups excluding carboxylic acids is 3. The number of aryl methyl sites for hydroxylation is 1. The quantitative estimate of drug-likeness (QED) is 0.155. The summed E-state index contributed by atoms with van der Waals surface area (Å²) in [6, 6.07) is 6.58. The van der Waals surface area contributed by atoms with Crippen LogP contribution >= 0.6 is 0 Å². The van der Waals surface area contributed by atoms with Gasteiger partial charge in [0.15, 0.2) is 11.3 Å². The van der Waals surface area contributed by atoms with Crippen LogP contribution < -0.4 is 21.2 Å². The number of hydrogen-bond donors (Lipinski definition) is 2. The number of ether oxygens (including phenoxy) is 1. The molecule has 2 atom stereocenters. The average molecular weight is 867 g/mol. The number of imidazole rings is 1. The molecule has 0 spiro atoms. The Bertz CT molecular complexity index is 2640. The van der Waals surface area contributed by atoms with Gasteiger partial charge in [0.2, 0.25) is 11.8 Å². The molecule has 0 radical (unpaired) electrons. The summed E-state index contributed by atoms with van der Waals surface area (Å²) < 4.78 is 40.3. The smallest absolute Gasteiger partial charge is 0.329 e. The van der Waals surface area contributed by atoms with Crippen molar-refractivity contribution in [2.24, 2.45) is 13.0 Å². The molecule has 1 saturated carbocycles. The van der Waals surface area contributed by atoms with E-state index in [-0.39, 0.29) is 47.8 Å². The fraction of sp³-hybridized carbons (Fsp3) is 0.523. The predicted molar refractivity (Wildman–Crippen MR) is 230 cm³/mol. The van der Waals surface area contributed by atoms with E-state index in [9.17, 15) is 28.0 Å². The number of hydrogen-bond acceptors (Lipinski definition) is 11. The molecule has 19 heteroatoms. The minimum atomic E-state index is -2.86. The molecule has 3 amide bonds. The number of piperazine rings is 1. The van der Waals surface area contributed by atoms with Gasteiger partial charge in [0, 0.05) is 84.6 Å².